The zero-order chi connectivity index (χ0) is 21.5. The number of nitrogens with zero attached hydrogens (tertiary/aromatic N) is 2. The molecule has 2 aromatic carbocycles. The fourth-order valence-electron chi connectivity index (χ4n) is 2.91. The Labute approximate surface area is 174 Å². The zero-order valence-corrected chi connectivity index (χ0v) is 17.1. The Morgan fingerprint density at radius 2 is 1.77 bits per heavy atom. The molecule has 0 saturated heterocycles. The second-order valence-corrected chi connectivity index (χ2v) is 6.46. The number of benzene rings is 2. The van der Waals surface area contributed by atoms with Gasteiger partial charge in [-0.3, -0.25) is 5.32 Å². The third-order valence-corrected chi connectivity index (χ3v) is 4.33. The van der Waals surface area contributed by atoms with E-state index < -0.39 is 12.1 Å². The summed E-state index contributed by atoms with van der Waals surface area (Å²) in [5.41, 5.74) is 4.11. The number of hydrogen-bond donors (Lipinski definition) is 1. The number of amides is 1. The molecule has 0 unspecified atom stereocenters. The molecule has 7 nitrogen and oxygen atoms in total. The standard InChI is InChI=1S/C23H23N3O4/c1-4-29-23(28)24-18-10-12-20(13-11-18)30-22(27)15-14-21-16(2)25-26(17(21)3)19-8-6-5-7-9-19/h5-15H,4H2,1-3H3,(H,24,28). The van der Waals surface area contributed by atoms with Crippen LogP contribution in [0.3, 0.4) is 0 Å². The van der Waals surface area contributed by atoms with Crippen molar-refractivity contribution in [1.29, 1.82) is 0 Å². The number of nitrogens with one attached hydrogen (secondary N) is 1. The Morgan fingerprint density at radius 1 is 1.07 bits per heavy atom. The highest BCUT2D eigenvalue weighted by atomic mass is 16.5. The quantitative estimate of drug-likeness (QED) is 0.366. The van der Waals surface area contributed by atoms with Crippen LogP contribution in [-0.4, -0.2) is 28.4 Å². The van der Waals surface area contributed by atoms with Crippen LogP contribution in [-0.2, 0) is 9.53 Å². The lowest BCUT2D eigenvalue weighted by molar-refractivity contribution is -0.128. The molecule has 1 aromatic heterocycles. The molecule has 0 aliphatic heterocycles. The van der Waals surface area contributed by atoms with Crippen molar-refractivity contribution in [2.75, 3.05) is 11.9 Å². The van der Waals surface area contributed by atoms with Crippen molar-refractivity contribution < 1.29 is 19.1 Å². The second kappa shape index (κ2) is 9.56. The molecule has 1 N–H and O–H groups in total. The first-order chi connectivity index (χ1) is 14.5. The maximum atomic E-state index is 12.2. The number of esters is 1. The minimum Gasteiger partial charge on any atom is -0.450 e. The van der Waals surface area contributed by atoms with Crippen molar-refractivity contribution in [2.24, 2.45) is 0 Å². The zero-order valence-electron chi connectivity index (χ0n) is 17.1. The van der Waals surface area contributed by atoms with E-state index in [4.69, 9.17) is 9.47 Å². The molecule has 30 heavy (non-hydrogen) atoms. The molecule has 0 radical (unpaired) electrons. The van der Waals surface area contributed by atoms with Gasteiger partial charge in [-0.1, -0.05) is 18.2 Å². The van der Waals surface area contributed by atoms with Crippen LogP contribution in [0.5, 0.6) is 5.75 Å². The van der Waals surface area contributed by atoms with E-state index in [1.165, 1.54) is 6.08 Å². The summed E-state index contributed by atoms with van der Waals surface area (Å²) >= 11 is 0. The van der Waals surface area contributed by atoms with Crippen LogP contribution in [0, 0.1) is 13.8 Å². The minimum atomic E-state index is -0.535. The molecule has 0 aliphatic carbocycles. The highest BCUT2D eigenvalue weighted by molar-refractivity contribution is 5.89. The number of para-hydroxylation sites is 1. The number of carbonyl (C=O) groups is 2. The fourth-order valence-corrected chi connectivity index (χ4v) is 2.91. The van der Waals surface area contributed by atoms with Gasteiger partial charge >= 0.3 is 12.1 Å². The highest BCUT2D eigenvalue weighted by Crippen LogP contribution is 2.20. The third-order valence-electron chi connectivity index (χ3n) is 4.33. The van der Waals surface area contributed by atoms with Gasteiger partial charge in [-0.05, 0) is 63.2 Å². The molecular weight excluding hydrogens is 382 g/mol. The van der Waals surface area contributed by atoms with E-state index in [0.29, 0.717) is 11.4 Å². The topological polar surface area (TPSA) is 82.4 Å². The van der Waals surface area contributed by atoms with Crippen LogP contribution in [0.4, 0.5) is 10.5 Å². The Morgan fingerprint density at radius 3 is 2.43 bits per heavy atom. The maximum absolute atomic E-state index is 12.2. The van der Waals surface area contributed by atoms with Crippen LogP contribution in [0.25, 0.3) is 11.8 Å². The van der Waals surface area contributed by atoms with Crippen molar-refractivity contribution >= 4 is 23.8 Å². The molecule has 3 rings (SSSR count). The molecule has 0 bridgehead atoms. The average molecular weight is 405 g/mol. The van der Waals surface area contributed by atoms with E-state index in [2.05, 4.69) is 10.4 Å². The van der Waals surface area contributed by atoms with E-state index in [1.54, 1.807) is 37.3 Å². The van der Waals surface area contributed by atoms with Gasteiger partial charge in [0.2, 0.25) is 0 Å². The van der Waals surface area contributed by atoms with Crippen molar-refractivity contribution in [3.05, 3.63) is 77.6 Å². The van der Waals surface area contributed by atoms with Gasteiger partial charge in [-0.2, -0.15) is 5.10 Å². The highest BCUT2D eigenvalue weighted by Gasteiger charge is 2.11. The SMILES string of the molecule is CCOC(=O)Nc1ccc(OC(=O)C=Cc2c(C)nn(-c3ccccc3)c2C)cc1. The van der Waals surface area contributed by atoms with Crippen molar-refractivity contribution in [3.63, 3.8) is 0 Å². The van der Waals surface area contributed by atoms with Gasteiger partial charge in [0.05, 0.1) is 18.0 Å². The molecule has 1 heterocycles. The normalized spacial score (nSPS) is 10.8. The number of ether oxygens (including phenoxy) is 2. The monoisotopic (exact) mass is 405 g/mol. The summed E-state index contributed by atoms with van der Waals surface area (Å²) in [5.74, 6) is -0.139. The number of anilines is 1. The Kier molecular flexibility index (Phi) is 6.64. The molecule has 0 atom stereocenters. The Hall–Kier alpha value is -3.87. The number of aromatic nitrogens is 2. The van der Waals surface area contributed by atoms with E-state index >= 15 is 0 Å². The lowest BCUT2D eigenvalue weighted by Gasteiger charge is -2.06. The first kappa shape index (κ1) is 20.9. The number of aryl methyl sites for hydroxylation is 1. The van der Waals surface area contributed by atoms with Crippen LogP contribution in [0.15, 0.2) is 60.7 Å². The smallest absolute Gasteiger partial charge is 0.411 e. The number of hydrogen-bond acceptors (Lipinski definition) is 5. The molecule has 0 aliphatic rings. The van der Waals surface area contributed by atoms with Crippen LogP contribution >= 0.6 is 0 Å². The molecule has 7 heteroatoms. The first-order valence-electron chi connectivity index (χ1n) is 9.53. The molecule has 0 fully saturated rings. The molecule has 3 aromatic rings. The third kappa shape index (κ3) is 5.14. The summed E-state index contributed by atoms with van der Waals surface area (Å²) in [4.78, 5) is 23.6. The summed E-state index contributed by atoms with van der Waals surface area (Å²) in [6.07, 6.45) is 2.54. The van der Waals surface area contributed by atoms with Crippen molar-refractivity contribution in [3.8, 4) is 11.4 Å². The Balaban J connectivity index is 1.65. The predicted molar refractivity (Wildman–Crippen MR) is 115 cm³/mol. The maximum Gasteiger partial charge on any atom is 0.411 e. The van der Waals surface area contributed by atoms with Gasteiger partial charge in [0.1, 0.15) is 5.75 Å². The average Bonchev–Trinajstić information content (AvgIpc) is 3.02. The molecule has 1 amide bonds. The first-order valence-corrected chi connectivity index (χ1v) is 9.53. The van der Waals surface area contributed by atoms with Crippen molar-refractivity contribution in [2.45, 2.75) is 20.8 Å². The minimum absolute atomic E-state index is 0.289. The van der Waals surface area contributed by atoms with Gasteiger partial charge in [0.25, 0.3) is 0 Å². The summed E-state index contributed by atoms with van der Waals surface area (Å²) in [7, 11) is 0. The van der Waals surface area contributed by atoms with Crippen LogP contribution in [0.1, 0.15) is 23.9 Å². The summed E-state index contributed by atoms with van der Waals surface area (Å²) in [5, 5.41) is 7.13. The van der Waals surface area contributed by atoms with Gasteiger partial charge in [0.15, 0.2) is 0 Å². The largest absolute Gasteiger partial charge is 0.450 e. The van der Waals surface area contributed by atoms with Crippen molar-refractivity contribution in [1.82, 2.24) is 9.78 Å². The van der Waals surface area contributed by atoms with E-state index in [0.717, 1.165) is 22.6 Å². The second-order valence-electron chi connectivity index (χ2n) is 6.46. The summed E-state index contributed by atoms with van der Waals surface area (Å²) in [6.45, 7) is 5.86. The summed E-state index contributed by atoms with van der Waals surface area (Å²) < 4.78 is 12.0. The van der Waals surface area contributed by atoms with Gasteiger partial charge < -0.3 is 9.47 Å². The van der Waals surface area contributed by atoms with E-state index in [-0.39, 0.29) is 6.61 Å². The molecule has 154 valence electrons. The fraction of sp³-hybridized carbons (Fsp3) is 0.174. The summed E-state index contributed by atoms with van der Waals surface area (Å²) in [6, 6.07) is 16.2. The number of rotatable bonds is 6. The van der Waals surface area contributed by atoms with Crippen LogP contribution in [0.2, 0.25) is 0 Å². The molecule has 0 saturated carbocycles. The lowest BCUT2D eigenvalue weighted by Crippen LogP contribution is -2.13. The van der Waals surface area contributed by atoms with Gasteiger partial charge in [-0.25, -0.2) is 14.3 Å². The predicted octanol–water partition coefficient (Wildman–Crippen LogP) is 4.68. The van der Waals surface area contributed by atoms with Gasteiger partial charge in [-0.15, -0.1) is 0 Å². The number of carbonyl (C=O) groups excluding carboxylic acids is 2. The van der Waals surface area contributed by atoms with E-state index in [9.17, 15) is 9.59 Å². The lowest BCUT2D eigenvalue weighted by atomic mass is 10.2. The van der Waals surface area contributed by atoms with Crippen LogP contribution < -0.4 is 10.1 Å². The Bertz CT molecular complexity index is 1050. The van der Waals surface area contributed by atoms with E-state index in [1.807, 2.05) is 48.9 Å². The van der Waals surface area contributed by atoms with Gasteiger partial charge in [0, 0.05) is 23.0 Å². The molecular formula is C23H23N3O4. The molecule has 0 spiro atoms.